The molecule has 162 valence electrons. The van der Waals surface area contributed by atoms with E-state index in [1.807, 2.05) is 31.2 Å². The molecule has 1 saturated heterocycles. The zero-order chi connectivity index (χ0) is 22.7. The number of hydrogen-bond donors (Lipinski definition) is 0. The molecule has 3 aromatic rings. The molecule has 3 aromatic carbocycles. The number of carbonyl (C=O) groups excluding carboxylic acids is 1. The number of thioether (sulfide) groups is 1. The Bertz CT molecular complexity index is 1210. The molecule has 1 aliphatic rings. The van der Waals surface area contributed by atoms with E-state index in [1.54, 1.807) is 48.4 Å². The molecule has 0 atom stereocenters. The highest BCUT2D eigenvalue weighted by atomic mass is 32.2. The number of thiocarbonyl (C=S) groups is 1. The number of amides is 1. The van der Waals surface area contributed by atoms with Gasteiger partial charge in [0.2, 0.25) is 0 Å². The SMILES string of the molecule is COc1ccc(OCc2ccc(F)cc2)c(C=C2SC(=S)N(c3ccccc3C)C2=O)c1. The Kier molecular flexibility index (Phi) is 6.58. The van der Waals surface area contributed by atoms with Gasteiger partial charge in [0.05, 0.1) is 17.7 Å². The average Bonchev–Trinajstić information content (AvgIpc) is 3.07. The van der Waals surface area contributed by atoms with Crippen LogP contribution in [-0.2, 0) is 11.4 Å². The minimum Gasteiger partial charge on any atom is -0.497 e. The maximum absolute atomic E-state index is 13.2. The third-order valence-corrected chi connectivity index (χ3v) is 6.26. The second-order valence-electron chi connectivity index (χ2n) is 7.12. The number of anilines is 1. The van der Waals surface area contributed by atoms with E-state index in [0.29, 0.717) is 26.3 Å². The predicted molar refractivity (Wildman–Crippen MR) is 131 cm³/mol. The molecule has 0 N–H and O–H groups in total. The fourth-order valence-corrected chi connectivity index (χ4v) is 4.55. The monoisotopic (exact) mass is 465 g/mol. The number of methoxy groups -OCH3 is 1. The van der Waals surface area contributed by atoms with Crippen molar-refractivity contribution in [2.75, 3.05) is 12.0 Å². The number of carbonyl (C=O) groups is 1. The number of aryl methyl sites for hydroxylation is 1. The molecule has 0 saturated carbocycles. The van der Waals surface area contributed by atoms with Crippen molar-refractivity contribution in [2.45, 2.75) is 13.5 Å². The van der Waals surface area contributed by atoms with Gasteiger partial charge in [-0.05, 0) is 60.5 Å². The first kappa shape index (κ1) is 22.0. The van der Waals surface area contributed by atoms with Crippen LogP contribution in [0.2, 0.25) is 0 Å². The van der Waals surface area contributed by atoms with Crippen molar-refractivity contribution < 1.29 is 18.7 Å². The standard InChI is InChI=1S/C25H20FNO3S2/c1-16-5-3-4-6-21(16)27-24(28)23(32-25(27)31)14-18-13-20(29-2)11-12-22(18)30-15-17-7-9-19(26)10-8-17/h3-14H,15H2,1-2H3. The summed E-state index contributed by atoms with van der Waals surface area (Å²) in [6.45, 7) is 2.21. The lowest BCUT2D eigenvalue weighted by atomic mass is 10.1. The normalized spacial score (nSPS) is 14.8. The number of ether oxygens (including phenoxy) is 2. The van der Waals surface area contributed by atoms with E-state index in [9.17, 15) is 9.18 Å². The molecule has 4 rings (SSSR count). The molecule has 1 fully saturated rings. The number of benzene rings is 3. The number of para-hydroxylation sites is 1. The van der Waals surface area contributed by atoms with Crippen LogP contribution in [0.25, 0.3) is 6.08 Å². The van der Waals surface area contributed by atoms with Crippen molar-refractivity contribution in [2.24, 2.45) is 0 Å². The van der Waals surface area contributed by atoms with Gasteiger partial charge in [-0.15, -0.1) is 0 Å². The van der Waals surface area contributed by atoms with E-state index in [2.05, 4.69) is 0 Å². The first-order valence-electron chi connectivity index (χ1n) is 9.85. The van der Waals surface area contributed by atoms with E-state index in [0.717, 1.165) is 16.8 Å². The summed E-state index contributed by atoms with van der Waals surface area (Å²) in [6, 6.07) is 19.1. The van der Waals surface area contributed by atoms with E-state index >= 15 is 0 Å². The first-order valence-corrected chi connectivity index (χ1v) is 11.1. The Balaban J connectivity index is 1.63. The maximum Gasteiger partial charge on any atom is 0.270 e. The van der Waals surface area contributed by atoms with E-state index in [4.69, 9.17) is 21.7 Å². The smallest absolute Gasteiger partial charge is 0.270 e. The molecule has 4 nitrogen and oxygen atoms in total. The molecule has 32 heavy (non-hydrogen) atoms. The fraction of sp³-hybridized carbons (Fsp3) is 0.120. The van der Waals surface area contributed by atoms with Crippen LogP contribution in [0.3, 0.4) is 0 Å². The third-order valence-electron chi connectivity index (χ3n) is 4.96. The van der Waals surface area contributed by atoms with Crippen molar-refractivity contribution >= 4 is 46.0 Å². The molecule has 1 amide bonds. The van der Waals surface area contributed by atoms with Crippen molar-refractivity contribution in [3.63, 3.8) is 0 Å². The van der Waals surface area contributed by atoms with Gasteiger partial charge in [0.25, 0.3) is 5.91 Å². The molecule has 0 spiro atoms. The van der Waals surface area contributed by atoms with Gasteiger partial charge in [0.1, 0.15) is 23.9 Å². The van der Waals surface area contributed by atoms with Crippen LogP contribution in [0.15, 0.2) is 71.6 Å². The van der Waals surface area contributed by atoms with Crippen LogP contribution in [-0.4, -0.2) is 17.3 Å². The second kappa shape index (κ2) is 9.54. The minimum absolute atomic E-state index is 0.179. The number of halogens is 1. The van der Waals surface area contributed by atoms with Gasteiger partial charge in [-0.1, -0.05) is 54.3 Å². The van der Waals surface area contributed by atoms with Crippen molar-refractivity contribution in [1.29, 1.82) is 0 Å². The predicted octanol–water partition coefficient (Wildman–Crippen LogP) is 6.13. The van der Waals surface area contributed by atoms with Gasteiger partial charge in [0, 0.05) is 5.56 Å². The Morgan fingerprint density at radius 1 is 1.09 bits per heavy atom. The van der Waals surface area contributed by atoms with Gasteiger partial charge in [-0.25, -0.2) is 4.39 Å². The molecule has 0 radical (unpaired) electrons. The number of rotatable bonds is 6. The lowest BCUT2D eigenvalue weighted by molar-refractivity contribution is -0.113. The third kappa shape index (κ3) is 4.69. The van der Waals surface area contributed by atoms with Crippen LogP contribution >= 0.6 is 24.0 Å². The minimum atomic E-state index is -0.297. The van der Waals surface area contributed by atoms with Gasteiger partial charge >= 0.3 is 0 Å². The van der Waals surface area contributed by atoms with Gasteiger partial charge < -0.3 is 9.47 Å². The zero-order valence-corrected chi connectivity index (χ0v) is 19.1. The summed E-state index contributed by atoms with van der Waals surface area (Å²) in [7, 11) is 1.58. The fourth-order valence-electron chi connectivity index (χ4n) is 3.27. The summed E-state index contributed by atoms with van der Waals surface area (Å²) >= 11 is 6.75. The molecule has 0 aromatic heterocycles. The van der Waals surface area contributed by atoms with E-state index in [1.165, 1.54) is 23.9 Å². The first-order chi connectivity index (χ1) is 15.5. The Labute approximate surface area is 195 Å². The van der Waals surface area contributed by atoms with Crippen molar-refractivity contribution in [3.8, 4) is 11.5 Å². The quantitative estimate of drug-likeness (QED) is 0.324. The topological polar surface area (TPSA) is 38.8 Å². The Morgan fingerprint density at radius 2 is 1.84 bits per heavy atom. The lowest BCUT2D eigenvalue weighted by Gasteiger charge is -2.16. The molecular formula is C25H20FNO3S2. The van der Waals surface area contributed by atoms with Crippen LogP contribution in [0, 0.1) is 12.7 Å². The highest BCUT2D eigenvalue weighted by Gasteiger charge is 2.34. The van der Waals surface area contributed by atoms with E-state index in [-0.39, 0.29) is 18.3 Å². The maximum atomic E-state index is 13.2. The van der Waals surface area contributed by atoms with Gasteiger partial charge in [-0.3, -0.25) is 9.69 Å². The molecule has 7 heteroatoms. The molecule has 1 heterocycles. The van der Waals surface area contributed by atoms with E-state index < -0.39 is 0 Å². The van der Waals surface area contributed by atoms with Crippen LogP contribution in [0.5, 0.6) is 11.5 Å². The summed E-state index contributed by atoms with van der Waals surface area (Å²) in [6.07, 6.45) is 1.76. The molecule has 0 bridgehead atoms. The highest BCUT2D eigenvalue weighted by molar-refractivity contribution is 8.27. The molecular weight excluding hydrogens is 445 g/mol. The Morgan fingerprint density at radius 3 is 2.56 bits per heavy atom. The van der Waals surface area contributed by atoms with Crippen LogP contribution < -0.4 is 14.4 Å². The summed E-state index contributed by atoms with van der Waals surface area (Å²) in [5.41, 5.74) is 3.27. The zero-order valence-electron chi connectivity index (χ0n) is 17.5. The number of nitrogens with zero attached hydrogens (tertiary/aromatic N) is 1. The molecule has 0 aliphatic carbocycles. The van der Waals surface area contributed by atoms with Crippen LogP contribution in [0.1, 0.15) is 16.7 Å². The highest BCUT2D eigenvalue weighted by Crippen LogP contribution is 2.38. The summed E-state index contributed by atoms with van der Waals surface area (Å²) in [4.78, 5) is 15.2. The summed E-state index contributed by atoms with van der Waals surface area (Å²) in [5.74, 6) is 0.743. The van der Waals surface area contributed by atoms with Gasteiger partial charge in [-0.2, -0.15) is 0 Å². The molecule has 1 aliphatic heterocycles. The number of hydrogen-bond acceptors (Lipinski definition) is 5. The second-order valence-corrected chi connectivity index (χ2v) is 8.80. The van der Waals surface area contributed by atoms with Crippen LogP contribution in [0.4, 0.5) is 10.1 Å². The van der Waals surface area contributed by atoms with Crippen molar-refractivity contribution in [3.05, 3.63) is 94.1 Å². The lowest BCUT2D eigenvalue weighted by Crippen LogP contribution is -2.28. The Hall–Kier alpha value is -3.16. The average molecular weight is 466 g/mol. The van der Waals surface area contributed by atoms with Crippen molar-refractivity contribution in [1.82, 2.24) is 0 Å². The van der Waals surface area contributed by atoms with Gasteiger partial charge in [0.15, 0.2) is 4.32 Å². The largest absolute Gasteiger partial charge is 0.497 e. The molecule has 0 unspecified atom stereocenters. The summed E-state index contributed by atoms with van der Waals surface area (Å²) in [5, 5.41) is 0. The summed E-state index contributed by atoms with van der Waals surface area (Å²) < 4.78 is 25.0.